The Morgan fingerprint density at radius 3 is 2.00 bits per heavy atom. The van der Waals surface area contributed by atoms with Gasteiger partial charge in [0.2, 0.25) is 0 Å². The molecular formula is C10H11F4NO2S. The van der Waals surface area contributed by atoms with Crippen LogP contribution >= 0.6 is 0 Å². The lowest BCUT2D eigenvalue weighted by Gasteiger charge is -2.15. The second kappa shape index (κ2) is 5.13. The molecule has 0 saturated heterocycles. The molecule has 8 heteroatoms. The molecule has 102 valence electrons. The number of hydrogen-bond donors (Lipinski definition) is 1. The molecule has 1 aromatic rings. The molecule has 1 atom stereocenters. The molecule has 0 spiro atoms. The molecule has 0 amide bonds. The lowest BCUT2D eigenvalue weighted by Crippen LogP contribution is -2.26. The number of nitrogens with one attached hydrogen (secondary N) is 1. The lowest BCUT2D eigenvalue weighted by molar-refractivity contribution is 0.457. The first kappa shape index (κ1) is 14.7. The second-order valence-corrected chi connectivity index (χ2v) is 6.17. The number of halogens is 4. The summed E-state index contributed by atoms with van der Waals surface area (Å²) >= 11 is 0. The summed E-state index contributed by atoms with van der Waals surface area (Å²) < 4.78 is 74.1. The standard InChI is InChI=1S/C10H11F4NO2S/c1-5(4-18(2,16)17)15-10-8(13)6(11)3-7(12)9(10)14/h3,5,15H,4H2,1-2H3. The molecule has 0 fully saturated rings. The van der Waals surface area contributed by atoms with Gasteiger partial charge in [0.25, 0.3) is 0 Å². The van der Waals surface area contributed by atoms with Crippen molar-refractivity contribution in [3.63, 3.8) is 0 Å². The summed E-state index contributed by atoms with van der Waals surface area (Å²) in [7, 11) is -3.38. The van der Waals surface area contributed by atoms with Crippen LogP contribution in [0.2, 0.25) is 0 Å². The van der Waals surface area contributed by atoms with Gasteiger partial charge in [0.1, 0.15) is 15.5 Å². The second-order valence-electron chi connectivity index (χ2n) is 3.98. The van der Waals surface area contributed by atoms with Crippen LogP contribution in [0, 0.1) is 23.3 Å². The molecule has 1 rings (SSSR count). The Bertz CT molecular complexity index is 533. The summed E-state index contributed by atoms with van der Waals surface area (Å²) in [5.41, 5.74) is -1.01. The minimum Gasteiger partial charge on any atom is -0.377 e. The number of anilines is 1. The molecule has 1 N–H and O–H groups in total. The molecule has 0 aliphatic rings. The van der Waals surface area contributed by atoms with Crippen molar-refractivity contribution >= 4 is 15.5 Å². The highest BCUT2D eigenvalue weighted by atomic mass is 32.2. The van der Waals surface area contributed by atoms with Crippen LogP contribution in [0.25, 0.3) is 0 Å². The van der Waals surface area contributed by atoms with E-state index in [9.17, 15) is 26.0 Å². The van der Waals surface area contributed by atoms with Crippen molar-refractivity contribution < 1.29 is 26.0 Å². The Balaban J connectivity index is 3.04. The first-order valence-electron chi connectivity index (χ1n) is 4.89. The van der Waals surface area contributed by atoms with Gasteiger partial charge in [-0.15, -0.1) is 0 Å². The zero-order valence-corrected chi connectivity index (χ0v) is 10.4. The predicted octanol–water partition coefficient (Wildman–Crippen LogP) is 2.09. The highest BCUT2D eigenvalue weighted by molar-refractivity contribution is 7.90. The largest absolute Gasteiger partial charge is 0.377 e. The molecule has 0 aliphatic carbocycles. The van der Waals surface area contributed by atoms with Gasteiger partial charge in [-0.25, -0.2) is 26.0 Å². The lowest BCUT2D eigenvalue weighted by atomic mass is 10.2. The monoisotopic (exact) mass is 285 g/mol. The van der Waals surface area contributed by atoms with Gasteiger partial charge < -0.3 is 5.32 Å². The molecule has 0 bridgehead atoms. The summed E-state index contributed by atoms with van der Waals surface area (Å²) in [6.45, 7) is 1.32. The molecule has 0 heterocycles. The highest BCUT2D eigenvalue weighted by Gasteiger charge is 2.21. The van der Waals surface area contributed by atoms with Crippen molar-refractivity contribution in [1.29, 1.82) is 0 Å². The van der Waals surface area contributed by atoms with Crippen molar-refractivity contribution in [1.82, 2.24) is 0 Å². The topological polar surface area (TPSA) is 46.2 Å². The van der Waals surface area contributed by atoms with Gasteiger partial charge in [-0.05, 0) is 6.92 Å². The normalized spacial score (nSPS) is 13.4. The van der Waals surface area contributed by atoms with Crippen LogP contribution in [0.4, 0.5) is 23.2 Å². The average molecular weight is 285 g/mol. The third-order valence-corrected chi connectivity index (χ3v) is 3.16. The fourth-order valence-electron chi connectivity index (χ4n) is 1.44. The van der Waals surface area contributed by atoms with E-state index in [0.717, 1.165) is 6.26 Å². The molecule has 0 saturated carbocycles. The fourth-order valence-corrected chi connectivity index (χ4v) is 2.43. The van der Waals surface area contributed by atoms with Crippen molar-refractivity contribution in [3.8, 4) is 0 Å². The third kappa shape index (κ3) is 3.59. The summed E-state index contributed by atoms with van der Waals surface area (Å²) in [5.74, 6) is -6.71. The first-order valence-corrected chi connectivity index (χ1v) is 6.95. The third-order valence-electron chi connectivity index (χ3n) is 2.06. The molecule has 1 aromatic carbocycles. The van der Waals surface area contributed by atoms with Crippen molar-refractivity contribution in [2.24, 2.45) is 0 Å². The molecule has 18 heavy (non-hydrogen) atoms. The van der Waals surface area contributed by atoms with Crippen LogP contribution in [0.3, 0.4) is 0 Å². The van der Waals surface area contributed by atoms with Crippen LogP contribution in [-0.2, 0) is 9.84 Å². The molecule has 0 aromatic heterocycles. The number of benzene rings is 1. The van der Waals surface area contributed by atoms with E-state index >= 15 is 0 Å². The van der Waals surface area contributed by atoms with Crippen LogP contribution in [-0.4, -0.2) is 26.5 Å². The van der Waals surface area contributed by atoms with Crippen LogP contribution in [0.15, 0.2) is 6.07 Å². The molecule has 0 radical (unpaired) electrons. The summed E-state index contributed by atoms with van der Waals surface area (Å²) in [6.07, 6.45) is 0.935. The quantitative estimate of drug-likeness (QED) is 0.680. The summed E-state index contributed by atoms with van der Waals surface area (Å²) in [4.78, 5) is 0. The minimum atomic E-state index is -3.38. The average Bonchev–Trinajstić information content (AvgIpc) is 2.19. The Morgan fingerprint density at radius 1 is 1.17 bits per heavy atom. The molecule has 1 unspecified atom stereocenters. The predicted molar refractivity (Wildman–Crippen MR) is 59.1 cm³/mol. The van der Waals surface area contributed by atoms with E-state index in [4.69, 9.17) is 0 Å². The maximum atomic E-state index is 13.2. The van der Waals surface area contributed by atoms with Gasteiger partial charge in [-0.2, -0.15) is 0 Å². The van der Waals surface area contributed by atoms with E-state index in [-0.39, 0.29) is 6.07 Å². The summed E-state index contributed by atoms with van der Waals surface area (Å²) in [5, 5.41) is 2.11. The Morgan fingerprint density at radius 2 is 1.61 bits per heavy atom. The van der Waals surface area contributed by atoms with Gasteiger partial charge in [0.05, 0.1) is 5.75 Å². The van der Waals surface area contributed by atoms with Crippen molar-refractivity contribution in [2.45, 2.75) is 13.0 Å². The Labute approximate surface area is 102 Å². The molecular weight excluding hydrogens is 274 g/mol. The van der Waals surface area contributed by atoms with Gasteiger partial charge >= 0.3 is 0 Å². The molecule has 3 nitrogen and oxygen atoms in total. The van der Waals surface area contributed by atoms with Crippen molar-refractivity contribution in [2.75, 3.05) is 17.3 Å². The minimum absolute atomic E-state index is 0.0804. The Hall–Kier alpha value is -1.31. The number of sulfone groups is 1. The van der Waals surface area contributed by atoms with E-state index in [1.54, 1.807) is 0 Å². The maximum Gasteiger partial charge on any atom is 0.185 e. The smallest absolute Gasteiger partial charge is 0.185 e. The van der Waals surface area contributed by atoms with E-state index < -0.39 is 50.6 Å². The van der Waals surface area contributed by atoms with Crippen LogP contribution in [0.5, 0.6) is 0 Å². The first-order chi connectivity index (χ1) is 8.11. The number of hydrogen-bond acceptors (Lipinski definition) is 3. The zero-order chi connectivity index (χ0) is 14.1. The SMILES string of the molecule is CC(CS(C)(=O)=O)Nc1c(F)c(F)cc(F)c1F. The highest BCUT2D eigenvalue weighted by Crippen LogP contribution is 2.24. The van der Waals surface area contributed by atoms with Gasteiger partial charge in [-0.3, -0.25) is 0 Å². The fraction of sp³-hybridized carbons (Fsp3) is 0.400. The van der Waals surface area contributed by atoms with Crippen molar-refractivity contribution in [3.05, 3.63) is 29.3 Å². The van der Waals surface area contributed by atoms with E-state index in [1.165, 1.54) is 6.92 Å². The van der Waals surface area contributed by atoms with Gasteiger partial charge in [0.15, 0.2) is 23.3 Å². The van der Waals surface area contributed by atoms with Crippen LogP contribution < -0.4 is 5.32 Å². The van der Waals surface area contributed by atoms with Gasteiger partial charge in [0, 0.05) is 18.4 Å². The summed E-state index contributed by atoms with van der Waals surface area (Å²) in [6, 6.07) is -0.818. The molecule has 0 aliphatic heterocycles. The van der Waals surface area contributed by atoms with Crippen LogP contribution in [0.1, 0.15) is 6.92 Å². The van der Waals surface area contributed by atoms with E-state index in [0.29, 0.717) is 0 Å². The van der Waals surface area contributed by atoms with E-state index in [1.807, 2.05) is 0 Å². The van der Waals surface area contributed by atoms with E-state index in [2.05, 4.69) is 5.32 Å². The zero-order valence-electron chi connectivity index (χ0n) is 9.60. The maximum absolute atomic E-state index is 13.2. The Kier molecular flexibility index (Phi) is 4.20. The van der Waals surface area contributed by atoms with Gasteiger partial charge in [-0.1, -0.05) is 0 Å². The number of rotatable bonds is 4.